The van der Waals surface area contributed by atoms with Crippen LogP contribution in [0, 0.1) is 0 Å². The number of nitrogens with one attached hydrogen (secondary N) is 1. The second kappa shape index (κ2) is 8.01. The van der Waals surface area contributed by atoms with E-state index < -0.39 is 0 Å². The normalized spacial score (nSPS) is 10.3. The SMILES string of the molecule is COc1cc(C(=O)Nc2ccc(-c3ccccc3)cn2)cc(OC)c1Br. The summed E-state index contributed by atoms with van der Waals surface area (Å²) in [6.07, 6.45) is 1.73. The van der Waals surface area contributed by atoms with Gasteiger partial charge in [-0.3, -0.25) is 4.79 Å². The zero-order chi connectivity index (χ0) is 18.5. The molecule has 2 aromatic carbocycles. The number of rotatable bonds is 5. The molecule has 0 fully saturated rings. The van der Waals surface area contributed by atoms with Crippen LogP contribution in [0.1, 0.15) is 10.4 Å². The van der Waals surface area contributed by atoms with Crippen molar-refractivity contribution >= 4 is 27.7 Å². The molecule has 0 saturated heterocycles. The van der Waals surface area contributed by atoms with Crippen LogP contribution in [0.25, 0.3) is 11.1 Å². The number of aromatic nitrogens is 1. The number of methoxy groups -OCH3 is 2. The van der Waals surface area contributed by atoms with Gasteiger partial charge in [-0.25, -0.2) is 4.98 Å². The lowest BCUT2D eigenvalue weighted by molar-refractivity contribution is 0.102. The Hall–Kier alpha value is -2.86. The maximum absolute atomic E-state index is 12.5. The third kappa shape index (κ3) is 3.86. The molecule has 0 aliphatic carbocycles. The summed E-state index contributed by atoms with van der Waals surface area (Å²) >= 11 is 3.39. The quantitative estimate of drug-likeness (QED) is 0.654. The number of nitrogens with zero attached hydrogens (tertiary/aromatic N) is 1. The molecule has 0 unspecified atom stereocenters. The highest BCUT2D eigenvalue weighted by Crippen LogP contribution is 2.35. The average Bonchev–Trinajstić information content (AvgIpc) is 2.69. The van der Waals surface area contributed by atoms with Crippen molar-refractivity contribution in [1.82, 2.24) is 4.98 Å². The van der Waals surface area contributed by atoms with Gasteiger partial charge >= 0.3 is 0 Å². The Balaban J connectivity index is 1.80. The number of benzene rings is 2. The maximum atomic E-state index is 12.5. The zero-order valence-corrected chi connectivity index (χ0v) is 15.9. The highest BCUT2D eigenvalue weighted by molar-refractivity contribution is 9.10. The van der Waals surface area contributed by atoms with Crippen molar-refractivity contribution in [2.24, 2.45) is 0 Å². The Kier molecular flexibility index (Phi) is 5.53. The molecule has 0 bridgehead atoms. The van der Waals surface area contributed by atoms with E-state index in [9.17, 15) is 4.79 Å². The highest BCUT2D eigenvalue weighted by atomic mass is 79.9. The fourth-order valence-electron chi connectivity index (χ4n) is 2.46. The van der Waals surface area contributed by atoms with E-state index >= 15 is 0 Å². The number of carbonyl (C=O) groups excluding carboxylic acids is 1. The summed E-state index contributed by atoms with van der Waals surface area (Å²) in [5.74, 6) is 1.20. The molecule has 132 valence electrons. The Morgan fingerprint density at radius 2 is 1.62 bits per heavy atom. The summed E-state index contributed by atoms with van der Waals surface area (Å²) < 4.78 is 11.2. The van der Waals surface area contributed by atoms with Gasteiger partial charge in [-0.2, -0.15) is 0 Å². The van der Waals surface area contributed by atoms with Gasteiger partial charge in [0.15, 0.2) is 0 Å². The van der Waals surface area contributed by atoms with Gasteiger partial charge in [0.1, 0.15) is 21.8 Å². The minimum Gasteiger partial charge on any atom is -0.495 e. The van der Waals surface area contributed by atoms with Gasteiger partial charge in [-0.05, 0) is 45.8 Å². The van der Waals surface area contributed by atoms with Crippen molar-refractivity contribution < 1.29 is 14.3 Å². The summed E-state index contributed by atoms with van der Waals surface area (Å²) in [7, 11) is 3.07. The first kappa shape index (κ1) is 17.9. The Morgan fingerprint density at radius 3 is 2.15 bits per heavy atom. The molecule has 0 radical (unpaired) electrons. The monoisotopic (exact) mass is 412 g/mol. The van der Waals surface area contributed by atoms with E-state index in [0.29, 0.717) is 27.4 Å². The van der Waals surface area contributed by atoms with E-state index in [0.717, 1.165) is 11.1 Å². The lowest BCUT2D eigenvalue weighted by Gasteiger charge is -2.11. The molecule has 1 aromatic heterocycles. The van der Waals surface area contributed by atoms with Gasteiger partial charge in [-0.1, -0.05) is 30.3 Å². The third-order valence-electron chi connectivity index (χ3n) is 3.82. The number of hydrogen-bond acceptors (Lipinski definition) is 4. The molecular weight excluding hydrogens is 396 g/mol. The topological polar surface area (TPSA) is 60.5 Å². The number of carbonyl (C=O) groups is 1. The summed E-state index contributed by atoms with van der Waals surface area (Å²) in [4.78, 5) is 16.9. The van der Waals surface area contributed by atoms with Crippen molar-refractivity contribution in [3.05, 3.63) is 70.8 Å². The first-order chi connectivity index (χ1) is 12.6. The van der Waals surface area contributed by atoms with E-state index in [-0.39, 0.29) is 5.91 Å². The van der Waals surface area contributed by atoms with Crippen LogP contribution in [-0.4, -0.2) is 25.1 Å². The summed E-state index contributed by atoms with van der Waals surface area (Å²) in [5.41, 5.74) is 2.46. The summed E-state index contributed by atoms with van der Waals surface area (Å²) in [5, 5.41) is 2.78. The summed E-state index contributed by atoms with van der Waals surface area (Å²) in [6, 6.07) is 16.9. The van der Waals surface area contributed by atoms with Crippen molar-refractivity contribution in [2.75, 3.05) is 19.5 Å². The van der Waals surface area contributed by atoms with Gasteiger partial charge in [0, 0.05) is 17.3 Å². The fraction of sp³-hybridized carbons (Fsp3) is 0.100. The number of anilines is 1. The molecule has 1 heterocycles. The average molecular weight is 413 g/mol. The van der Waals surface area contributed by atoms with Gasteiger partial charge in [0.25, 0.3) is 5.91 Å². The first-order valence-corrected chi connectivity index (χ1v) is 8.66. The Bertz CT molecular complexity index is 887. The number of pyridine rings is 1. The smallest absolute Gasteiger partial charge is 0.257 e. The highest BCUT2D eigenvalue weighted by Gasteiger charge is 2.15. The van der Waals surface area contributed by atoms with Gasteiger partial charge in [-0.15, -0.1) is 0 Å². The van der Waals surface area contributed by atoms with Gasteiger partial charge in [0.2, 0.25) is 0 Å². The number of hydrogen-bond donors (Lipinski definition) is 1. The molecule has 5 nitrogen and oxygen atoms in total. The molecule has 0 spiro atoms. The maximum Gasteiger partial charge on any atom is 0.257 e. The molecular formula is C20H17BrN2O3. The van der Waals surface area contributed by atoms with Crippen LogP contribution in [0.2, 0.25) is 0 Å². The predicted molar refractivity (Wildman–Crippen MR) is 105 cm³/mol. The minimum absolute atomic E-state index is 0.297. The molecule has 6 heteroatoms. The minimum atomic E-state index is -0.297. The second-order valence-corrected chi connectivity index (χ2v) is 6.24. The molecule has 0 saturated carbocycles. The van der Waals surface area contributed by atoms with Crippen LogP contribution in [0.3, 0.4) is 0 Å². The Labute approximate surface area is 160 Å². The molecule has 1 amide bonds. The van der Waals surface area contributed by atoms with Crippen LogP contribution in [0.5, 0.6) is 11.5 Å². The zero-order valence-electron chi connectivity index (χ0n) is 14.3. The molecule has 3 rings (SSSR count). The molecule has 1 N–H and O–H groups in total. The molecule has 0 atom stereocenters. The van der Waals surface area contributed by atoms with Gasteiger partial charge < -0.3 is 14.8 Å². The second-order valence-electron chi connectivity index (χ2n) is 5.45. The number of ether oxygens (including phenoxy) is 2. The van der Waals surface area contributed by atoms with E-state index in [1.807, 2.05) is 36.4 Å². The van der Waals surface area contributed by atoms with Crippen molar-refractivity contribution in [1.29, 1.82) is 0 Å². The first-order valence-electron chi connectivity index (χ1n) is 7.86. The van der Waals surface area contributed by atoms with Crippen molar-refractivity contribution in [3.8, 4) is 22.6 Å². The standard InChI is InChI=1S/C20H17BrN2O3/c1-25-16-10-15(11-17(26-2)19(16)21)20(24)23-18-9-8-14(12-22-18)13-6-4-3-5-7-13/h3-12H,1-2H3,(H,22,23,24). The van der Waals surface area contributed by atoms with Crippen LogP contribution in [0.4, 0.5) is 5.82 Å². The largest absolute Gasteiger partial charge is 0.495 e. The predicted octanol–water partition coefficient (Wildman–Crippen LogP) is 4.78. The number of halogens is 1. The van der Waals surface area contributed by atoms with Crippen molar-refractivity contribution in [3.63, 3.8) is 0 Å². The molecule has 26 heavy (non-hydrogen) atoms. The van der Waals surface area contributed by atoms with E-state index in [2.05, 4.69) is 26.2 Å². The fourth-order valence-corrected chi connectivity index (χ4v) is 3.01. The van der Waals surface area contributed by atoms with Crippen molar-refractivity contribution in [2.45, 2.75) is 0 Å². The summed E-state index contributed by atoms with van der Waals surface area (Å²) in [6.45, 7) is 0. The van der Waals surface area contributed by atoms with Crippen LogP contribution < -0.4 is 14.8 Å². The number of amides is 1. The van der Waals surface area contributed by atoms with E-state index in [1.54, 1.807) is 24.4 Å². The third-order valence-corrected chi connectivity index (χ3v) is 4.60. The van der Waals surface area contributed by atoms with Crippen LogP contribution in [0.15, 0.2) is 65.3 Å². The molecule has 3 aromatic rings. The molecule has 0 aliphatic heterocycles. The van der Waals surface area contributed by atoms with E-state index in [1.165, 1.54) is 14.2 Å². The Morgan fingerprint density at radius 1 is 0.962 bits per heavy atom. The lowest BCUT2D eigenvalue weighted by atomic mass is 10.1. The van der Waals surface area contributed by atoms with Crippen LogP contribution in [-0.2, 0) is 0 Å². The van der Waals surface area contributed by atoms with Gasteiger partial charge in [0.05, 0.1) is 14.2 Å². The molecule has 0 aliphatic rings. The van der Waals surface area contributed by atoms with Crippen LogP contribution >= 0.6 is 15.9 Å². The lowest BCUT2D eigenvalue weighted by Crippen LogP contribution is -2.13. The van der Waals surface area contributed by atoms with E-state index in [4.69, 9.17) is 9.47 Å².